The molecule has 2 aliphatic rings. The molecule has 0 fully saturated rings. The number of ketones is 1. The van der Waals surface area contributed by atoms with Gasteiger partial charge in [-0.3, -0.25) is 14.8 Å². The number of anilines is 2. The molecule has 1 heterocycles. The Labute approximate surface area is 129 Å². The number of hydroxylamine groups is 1. The molecule has 0 bridgehead atoms. The van der Waals surface area contributed by atoms with E-state index in [0.717, 1.165) is 5.06 Å². The smallest absolute Gasteiger partial charge is 0.275 e. The molecule has 1 aliphatic heterocycles. The molecule has 0 atom stereocenters. The van der Waals surface area contributed by atoms with Crippen molar-refractivity contribution in [2.75, 3.05) is 10.4 Å². The van der Waals surface area contributed by atoms with Gasteiger partial charge in [-0.25, -0.2) is 5.06 Å². The lowest BCUT2D eigenvalue weighted by Crippen LogP contribution is -2.35. The highest BCUT2D eigenvalue weighted by Gasteiger charge is 2.30. The molecule has 0 saturated carbocycles. The summed E-state index contributed by atoms with van der Waals surface area (Å²) in [5.74, 6) is -0.697. The summed E-state index contributed by atoms with van der Waals surface area (Å²) in [5.41, 5.74) is 1.05. The van der Waals surface area contributed by atoms with E-state index < -0.39 is 5.91 Å². The fourth-order valence-corrected chi connectivity index (χ4v) is 2.40. The van der Waals surface area contributed by atoms with Gasteiger partial charge in [0, 0.05) is 5.57 Å². The number of amides is 1. The zero-order valence-corrected chi connectivity index (χ0v) is 11.9. The molecule has 21 heavy (non-hydrogen) atoms. The van der Waals surface area contributed by atoms with Crippen LogP contribution in [0.1, 0.15) is 0 Å². The van der Waals surface area contributed by atoms with Crippen LogP contribution in [0.2, 0.25) is 10.0 Å². The Hall–Kier alpha value is -2.08. The SMILES string of the molecule is O=C1C=CC(=C2C(=O)Nc3cc(Cl)c(Cl)cc3N2O)C=C1. The van der Waals surface area contributed by atoms with Crippen molar-refractivity contribution >= 4 is 46.3 Å². The second kappa shape index (κ2) is 5.04. The van der Waals surface area contributed by atoms with Gasteiger partial charge < -0.3 is 5.32 Å². The topological polar surface area (TPSA) is 69.6 Å². The molecular formula is C14H8Cl2N2O3. The molecule has 0 unspecified atom stereocenters. The van der Waals surface area contributed by atoms with Crippen molar-refractivity contribution in [3.63, 3.8) is 0 Å². The number of nitrogens with one attached hydrogen (secondary N) is 1. The maximum Gasteiger partial charge on any atom is 0.275 e. The second-order valence-electron chi connectivity index (χ2n) is 4.42. The first-order valence-corrected chi connectivity index (χ1v) is 6.67. The molecule has 0 spiro atoms. The Morgan fingerprint density at radius 3 is 2.29 bits per heavy atom. The molecule has 5 nitrogen and oxygen atoms in total. The van der Waals surface area contributed by atoms with Gasteiger partial charge in [0.15, 0.2) is 5.78 Å². The summed E-state index contributed by atoms with van der Waals surface area (Å²) in [7, 11) is 0. The molecule has 1 aromatic rings. The van der Waals surface area contributed by atoms with Crippen molar-refractivity contribution in [1.29, 1.82) is 0 Å². The summed E-state index contributed by atoms with van der Waals surface area (Å²) in [6, 6.07) is 2.90. The number of fused-ring (bicyclic) bond motifs is 1. The van der Waals surface area contributed by atoms with Crippen LogP contribution in [0.15, 0.2) is 47.7 Å². The highest BCUT2D eigenvalue weighted by Crippen LogP contribution is 2.39. The highest BCUT2D eigenvalue weighted by molar-refractivity contribution is 6.42. The number of hydrogen-bond acceptors (Lipinski definition) is 4. The number of benzene rings is 1. The lowest BCUT2D eigenvalue weighted by Gasteiger charge is -2.29. The van der Waals surface area contributed by atoms with E-state index in [-0.39, 0.29) is 21.5 Å². The fraction of sp³-hybridized carbons (Fsp3) is 0. The maximum absolute atomic E-state index is 12.1. The molecule has 1 amide bonds. The minimum atomic E-state index is -0.512. The summed E-state index contributed by atoms with van der Waals surface area (Å²) in [6.45, 7) is 0. The first kappa shape index (κ1) is 13.9. The Morgan fingerprint density at radius 2 is 1.62 bits per heavy atom. The van der Waals surface area contributed by atoms with E-state index in [1.165, 1.54) is 36.4 Å². The van der Waals surface area contributed by atoms with E-state index in [1.807, 2.05) is 0 Å². The maximum atomic E-state index is 12.1. The molecule has 0 radical (unpaired) electrons. The van der Waals surface area contributed by atoms with Crippen LogP contribution in [0.5, 0.6) is 0 Å². The number of allylic oxidation sites excluding steroid dienone is 5. The molecule has 0 aromatic heterocycles. The predicted molar refractivity (Wildman–Crippen MR) is 79.7 cm³/mol. The van der Waals surface area contributed by atoms with Crippen LogP contribution in [0, 0.1) is 0 Å². The number of nitrogens with zero attached hydrogens (tertiary/aromatic N) is 1. The fourth-order valence-electron chi connectivity index (χ4n) is 2.08. The van der Waals surface area contributed by atoms with Gasteiger partial charge in [0.25, 0.3) is 5.91 Å². The second-order valence-corrected chi connectivity index (χ2v) is 5.24. The lowest BCUT2D eigenvalue weighted by molar-refractivity contribution is -0.114. The largest absolute Gasteiger partial charge is 0.319 e. The van der Waals surface area contributed by atoms with E-state index in [9.17, 15) is 14.8 Å². The molecule has 0 saturated heterocycles. The van der Waals surface area contributed by atoms with Gasteiger partial charge >= 0.3 is 0 Å². The van der Waals surface area contributed by atoms with Gasteiger partial charge in [0.2, 0.25) is 0 Å². The van der Waals surface area contributed by atoms with Crippen molar-refractivity contribution in [3.05, 3.63) is 57.8 Å². The highest BCUT2D eigenvalue weighted by atomic mass is 35.5. The van der Waals surface area contributed by atoms with Gasteiger partial charge in [-0.1, -0.05) is 23.2 Å². The van der Waals surface area contributed by atoms with E-state index in [4.69, 9.17) is 23.2 Å². The van der Waals surface area contributed by atoms with Crippen molar-refractivity contribution in [1.82, 2.24) is 0 Å². The molecule has 1 aromatic carbocycles. The Balaban J connectivity index is 2.14. The molecule has 7 heteroatoms. The van der Waals surface area contributed by atoms with E-state index in [1.54, 1.807) is 0 Å². The summed E-state index contributed by atoms with van der Waals surface area (Å²) in [4.78, 5) is 23.3. The standard InChI is InChI=1S/C14H8Cl2N2O3/c15-9-5-11-12(6-10(9)16)18(21)13(14(20)17-11)7-1-3-8(19)4-2-7/h1-6,21H,(H,17,20). The number of carbonyl (C=O) groups is 2. The van der Waals surface area contributed by atoms with Crippen molar-refractivity contribution < 1.29 is 14.8 Å². The summed E-state index contributed by atoms with van der Waals surface area (Å²) in [5, 5.41) is 14.2. The Morgan fingerprint density at radius 1 is 1.00 bits per heavy atom. The van der Waals surface area contributed by atoms with Crippen LogP contribution in [-0.2, 0) is 9.59 Å². The van der Waals surface area contributed by atoms with E-state index in [0.29, 0.717) is 16.9 Å². The van der Waals surface area contributed by atoms with Crippen LogP contribution in [0.4, 0.5) is 11.4 Å². The minimum absolute atomic E-state index is 0.000823. The normalized spacial score (nSPS) is 17.2. The molecular weight excluding hydrogens is 315 g/mol. The Kier molecular flexibility index (Phi) is 3.33. The third kappa shape index (κ3) is 2.35. The zero-order valence-electron chi connectivity index (χ0n) is 10.4. The lowest BCUT2D eigenvalue weighted by atomic mass is 10.0. The van der Waals surface area contributed by atoms with Crippen LogP contribution >= 0.6 is 23.2 Å². The summed E-state index contributed by atoms with van der Waals surface area (Å²) in [6.07, 6.45) is 5.55. The third-order valence-electron chi connectivity index (χ3n) is 3.07. The van der Waals surface area contributed by atoms with Crippen molar-refractivity contribution in [2.45, 2.75) is 0 Å². The average molecular weight is 323 g/mol. The zero-order chi connectivity index (χ0) is 15.1. The predicted octanol–water partition coefficient (Wildman–Crippen LogP) is 3.09. The van der Waals surface area contributed by atoms with Crippen LogP contribution in [0.3, 0.4) is 0 Å². The van der Waals surface area contributed by atoms with Crippen molar-refractivity contribution in [2.24, 2.45) is 0 Å². The summed E-state index contributed by atoms with van der Waals surface area (Å²) < 4.78 is 0. The van der Waals surface area contributed by atoms with Gasteiger partial charge in [-0.05, 0) is 36.4 Å². The first-order chi connectivity index (χ1) is 9.97. The third-order valence-corrected chi connectivity index (χ3v) is 3.79. The quantitative estimate of drug-likeness (QED) is 0.720. The molecule has 2 N–H and O–H groups in total. The molecule has 106 valence electrons. The van der Waals surface area contributed by atoms with Crippen molar-refractivity contribution in [3.8, 4) is 0 Å². The summed E-state index contributed by atoms with van der Waals surface area (Å²) >= 11 is 11.8. The van der Waals surface area contributed by atoms with E-state index in [2.05, 4.69) is 5.32 Å². The van der Waals surface area contributed by atoms with Crippen LogP contribution in [-0.4, -0.2) is 16.9 Å². The minimum Gasteiger partial charge on any atom is -0.319 e. The molecule has 3 rings (SSSR count). The Bertz CT molecular complexity index is 748. The van der Waals surface area contributed by atoms with E-state index >= 15 is 0 Å². The van der Waals surface area contributed by atoms with Crippen LogP contribution in [0.25, 0.3) is 0 Å². The van der Waals surface area contributed by atoms with Gasteiger partial charge in [-0.2, -0.15) is 0 Å². The number of hydrogen-bond donors (Lipinski definition) is 2. The van der Waals surface area contributed by atoms with Gasteiger partial charge in [0.1, 0.15) is 5.70 Å². The number of carbonyl (C=O) groups excluding carboxylic acids is 2. The monoisotopic (exact) mass is 322 g/mol. The first-order valence-electron chi connectivity index (χ1n) is 5.91. The number of rotatable bonds is 0. The van der Waals surface area contributed by atoms with Gasteiger partial charge in [-0.15, -0.1) is 0 Å². The van der Waals surface area contributed by atoms with Gasteiger partial charge in [0.05, 0.1) is 21.4 Å². The number of halogens is 2. The van der Waals surface area contributed by atoms with Crippen LogP contribution < -0.4 is 10.4 Å². The molecule has 1 aliphatic carbocycles. The average Bonchev–Trinajstić information content (AvgIpc) is 2.43.